The van der Waals surface area contributed by atoms with Gasteiger partial charge in [0.1, 0.15) is 5.78 Å². The van der Waals surface area contributed by atoms with Crippen molar-refractivity contribution in [3.05, 3.63) is 0 Å². The summed E-state index contributed by atoms with van der Waals surface area (Å²) in [5.41, 5.74) is 0. The van der Waals surface area contributed by atoms with Gasteiger partial charge in [-0.25, -0.2) is 0 Å². The summed E-state index contributed by atoms with van der Waals surface area (Å²) in [5, 5.41) is 0. The molecule has 21 heavy (non-hydrogen) atoms. The van der Waals surface area contributed by atoms with Gasteiger partial charge >= 0.3 is 29.6 Å². The van der Waals surface area contributed by atoms with Crippen molar-refractivity contribution in [1.29, 1.82) is 0 Å². The van der Waals surface area contributed by atoms with Gasteiger partial charge in [0, 0.05) is 6.42 Å². The minimum Gasteiger partial charge on any atom is -1.00 e. The quantitative estimate of drug-likeness (QED) is 0.312. The van der Waals surface area contributed by atoms with Crippen LogP contribution in [0.1, 0.15) is 118 Å². The van der Waals surface area contributed by atoms with Gasteiger partial charge in [0.2, 0.25) is 0 Å². The molecule has 0 atom stereocenters. The Bertz CT molecular complexity index is 210. The van der Waals surface area contributed by atoms with Crippen LogP contribution in [0.25, 0.3) is 0 Å². The monoisotopic (exact) mass is 306 g/mol. The van der Waals surface area contributed by atoms with Gasteiger partial charge in [0.25, 0.3) is 0 Å². The minimum absolute atomic E-state index is 0. The Morgan fingerprint density at radius 3 is 1.19 bits per heavy atom. The van der Waals surface area contributed by atoms with Crippen LogP contribution in [-0.4, -0.2) is 5.78 Å². The Morgan fingerprint density at radius 1 is 0.619 bits per heavy atom. The van der Waals surface area contributed by atoms with E-state index in [-0.39, 0.29) is 31.0 Å². The van der Waals surface area contributed by atoms with Crippen molar-refractivity contribution in [3.63, 3.8) is 0 Å². The van der Waals surface area contributed by atoms with E-state index in [9.17, 15) is 4.79 Å². The number of hydrogen-bond acceptors (Lipinski definition) is 1. The molecule has 0 bridgehead atoms. The first-order valence-electron chi connectivity index (χ1n) is 9.26. The molecule has 0 fully saturated rings. The number of unbranched alkanes of at least 4 members (excludes halogenated alkanes) is 14. The Hall–Kier alpha value is 0.670. The van der Waals surface area contributed by atoms with Gasteiger partial charge in [0.05, 0.1) is 0 Å². The summed E-state index contributed by atoms with van der Waals surface area (Å²) in [5.74, 6) is 0.347. The first-order chi connectivity index (χ1) is 9.77. The van der Waals surface area contributed by atoms with E-state index in [1.165, 1.54) is 89.9 Å². The number of carbonyl (C=O) groups is 1. The summed E-state index contributed by atoms with van der Waals surface area (Å²) < 4.78 is 0. The number of ketones is 1. The average Bonchev–Trinajstić information content (AvgIpc) is 2.43. The molecule has 2 heteroatoms. The third-order valence-corrected chi connectivity index (χ3v) is 4.13. The van der Waals surface area contributed by atoms with Crippen molar-refractivity contribution in [1.82, 2.24) is 0 Å². The van der Waals surface area contributed by atoms with Crippen LogP contribution in [0.5, 0.6) is 0 Å². The molecule has 0 aromatic heterocycles. The summed E-state index contributed by atoms with van der Waals surface area (Å²) >= 11 is 0. The molecule has 0 aromatic rings. The smallest absolute Gasteiger partial charge is 1.00 e. The minimum atomic E-state index is 0. The van der Waals surface area contributed by atoms with E-state index in [2.05, 4.69) is 6.92 Å². The van der Waals surface area contributed by atoms with Crippen LogP contribution in [0, 0.1) is 0 Å². The molecule has 0 N–H and O–H groups in total. The molecule has 0 heterocycles. The molecule has 0 saturated carbocycles. The van der Waals surface area contributed by atoms with Gasteiger partial charge in [-0.15, -0.1) is 0 Å². The number of rotatable bonds is 16. The molecule has 0 radical (unpaired) electrons. The molecule has 0 unspecified atom stereocenters. The Balaban J connectivity index is -0.00000180. The Morgan fingerprint density at radius 2 is 0.905 bits per heavy atom. The van der Waals surface area contributed by atoms with Crippen molar-refractivity contribution in [2.45, 2.75) is 117 Å². The van der Waals surface area contributed by atoms with Crippen LogP contribution < -0.4 is 29.6 Å². The van der Waals surface area contributed by atoms with Gasteiger partial charge in [-0.3, -0.25) is 0 Å². The first kappa shape index (κ1) is 23.9. The molecule has 0 aliphatic heterocycles. The second-order valence-corrected chi connectivity index (χ2v) is 6.40. The van der Waals surface area contributed by atoms with Crippen LogP contribution >= 0.6 is 0 Å². The van der Waals surface area contributed by atoms with E-state index in [0.717, 1.165) is 12.8 Å². The van der Waals surface area contributed by atoms with Crippen molar-refractivity contribution < 1.29 is 35.8 Å². The van der Waals surface area contributed by atoms with Gasteiger partial charge in [-0.2, -0.15) is 0 Å². The zero-order chi connectivity index (χ0) is 14.9. The van der Waals surface area contributed by atoms with Gasteiger partial charge in [0.15, 0.2) is 0 Å². The Kier molecular flexibility index (Phi) is 23.6. The van der Waals surface area contributed by atoms with Crippen LogP contribution in [0.2, 0.25) is 0 Å². The number of Topliss-reactive ketones (excluding diaryl/α,β-unsaturated/α-hetero) is 1. The normalized spacial score (nSPS) is 10.4. The predicted octanol–water partition coefficient (Wildman–Crippen LogP) is 3.95. The van der Waals surface area contributed by atoms with Crippen molar-refractivity contribution in [3.8, 4) is 0 Å². The second-order valence-electron chi connectivity index (χ2n) is 6.40. The summed E-state index contributed by atoms with van der Waals surface area (Å²) in [6, 6.07) is 0. The fourth-order valence-corrected chi connectivity index (χ4v) is 2.75. The maximum Gasteiger partial charge on any atom is 1.00 e. The summed E-state index contributed by atoms with van der Waals surface area (Å²) in [6.07, 6.45) is 21.6. The van der Waals surface area contributed by atoms with Gasteiger partial charge in [-0.05, 0) is 13.3 Å². The van der Waals surface area contributed by atoms with Crippen molar-refractivity contribution in [2.75, 3.05) is 0 Å². The zero-order valence-corrected chi connectivity index (χ0v) is 17.2. The summed E-state index contributed by atoms with van der Waals surface area (Å²) in [4.78, 5) is 10.8. The molecule has 0 aliphatic rings. The number of carbonyl (C=O) groups excluding carboxylic acids is 1. The average molecular weight is 307 g/mol. The van der Waals surface area contributed by atoms with E-state index in [1.54, 1.807) is 6.92 Å². The standard InChI is InChI=1S/C19H38O.Na.H/c1-3-4-5-6-7-8-9-10-11-12-13-14-15-16-17-18-19(2)20;;/h3-18H2,1-2H3;;/q;+1;-1. The van der Waals surface area contributed by atoms with Crippen molar-refractivity contribution >= 4 is 5.78 Å². The Labute approximate surface area is 157 Å². The van der Waals surface area contributed by atoms with Crippen LogP contribution in [0.3, 0.4) is 0 Å². The summed E-state index contributed by atoms with van der Waals surface area (Å²) in [7, 11) is 0. The van der Waals surface area contributed by atoms with Crippen LogP contribution in [0.4, 0.5) is 0 Å². The maximum absolute atomic E-state index is 10.8. The van der Waals surface area contributed by atoms with E-state index in [1.807, 2.05) is 0 Å². The molecular formula is C19H39NaO. The molecule has 1 nitrogen and oxygen atoms in total. The zero-order valence-electron chi connectivity index (χ0n) is 16.2. The maximum atomic E-state index is 10.8. The third kappa shape index (κ3) is 23.1. The molecule has 0 saturated heterocycles. The third-order valence-electron chi connectivity index (χ3n) is 4.13. The largest absolute Gasteiger partial charge is 1.00 e. The van der Waals surface area contributed by atoms with E-state index in [0.29, 0.717) is 5.78 Å². The summed E-state index contributed by atoms with van der Waals surface area (Å²) in [6.45, 7) is 3.98. The van der Waals surface area contributed by atoms with Gasteiger partial charge in [-0.1, -0.05) is 96.8 Å². The number of hydrogen-bond donors (Lipinski definition) is 0. The van der Waals surface area contributed by atoms with E-state index in [4.69, 9.17) is 0 Å². The molecule has 0 aromatic carbocycles. The first-order valence-corrected chi connectivity index (χ1v) is 9.26. The predicted molar refractivity (Wildman–Crippen MR) is 91.3 cm³/mol. The van der Waals surface area contributed by atoms with Crippen LogP contribution in [0.15, 0.2) is 0 Å². The molecule has 0 rings (SSSR count). The van der Waals surface area contributed by atoms with Crippen LogP contribution in [-0.2, 0) is 4.79 Å². The SMILES string of the molecule is CCCCCCCCCCCCCCCCCC(C)=O.[H-].[Na+]. The fourth-order valence-electron chi connectivity index (χ4n) is 2.75. The molecular weight excluding hydrogens is 267 g/mol. The van der Waals surface area contributed by atoms with E-state index < -0.39 is 0 Å². The molecule has 0 amide bonds. The molecule has 0 spiro atoms. The van der Waals surface area contributed by atoms with E-state index >= 15 is 0 Å². The molecule has 122 valence electrons. The fraction of sp³-hybridized carbons (Fsp3) is 0.947. The second kappa shape index (κ2) is 20.7. The molecule has 0 aliphatic carbocycles. The van der Waals surface area contributed by atoms with Gasteiger partial charge < -0.3 is 6.22 Å². The van der Waals surface area contributed by atoms with Crippen molar-refractivity contribution in [2.24, 2.45) is 0 Å². The topological polar surface area (TPSA) is 17.1 Å².